The number of phenols is 1. The number of hydrogen-bond donors (Lipinski definition) is 1. The van der Waals surface area contributed by atoms with Crippen molar-refractivity contribution in [1.82, 2.24) is 0 Å². The molecule has 0 amide bonds. The second-order valence-corrected chi connectivity index (χ2v) is 5.23. The lowest BCUT2D eigenvalue weighted by molar-refractivity contribution is 0.0961. The highest BCUT2D eigenvalue weighted by Crippen LogP contribution is 2.29. The van der Waals surface area contributed by atoms with E-state index in [9.17, 15) is 9.90 Å². The first kappa shape index (κ1) is 15.1. The summed E-state index contributed by atoms with van der Waals surface area (Å²) in [6, 6.07) is 14.1. The van der Waals surface area contributed by atoms with Gasteiger partial charge in [-0.05, 0) is 30.2 Å². The van der Waals surface area contributed by atoms with Crippen molar-refractivity contribution >= 4 is 5.78 Å². The van der Waals surface area contributed by atoms with E-state index in [1.165, 1.54) is 6.07 Å². The third-order valence-electron chi connectivity index (χ3n) is 3.48. The fourth-order valence-electron chi connectivity index (χ4n) is 2.01. The zero-order valence-electron chi connectivity index (χ0n) is 12.4. The zero-order valence-corrected chi connectivity index (χ0v) is 12.4. The summed E-state index contributed by atoms with van der Waals surface area (Å²) in [6.07, 6.45) is 1.39. The molecule has 0 spiro atoms. The normalized spacial score (nSPS) is 11.9. The van der Waals surface area contributed by atoms with Gasteiger partial charge < -0.3 is 9.84 Å². The van der Waals surface area contributed by atoms with Gasteiger partial charge >= 0.3 is 0 Å². The first-order chi connectivity index (χ1) is 10.1. The highest BCUT2D eigenvalue weighted by atomic mass is 16.5. The average molecular weight is 284 g/mol. The van der Waals surface area contributed by atoms with Crippen LogP contribution < -0.4 is 4.74 Å². The Kier molecular flexibility index (Phi) is 4.99. The van der Waals surface area contributed by atoms with Crippen LogP contribution in [0.2, 0.25) is 0 Å². The van der Waals surface area contributed by atoms with Crippen molar-refractivity contribution in [1.29, 1.82) is 0 Å². The van der Waals surface area contributed by atoms with Crippen molar-refractivity contribution in [3.05, 3.63) is 54.1 Å². The predicted molar refractivity (Wildman–Crippen MR) is 83.0 cm³/mol. The maximum atomic E-state index is 12.1. The van der Waals surface area contributed by atoms with Crippen LogP contribution >= 0.6 is 0 Å². The van der Waals surface area contributed by atoms with Gasteiger partial charge in [-0.15, -0.1) is 0 Å². The van der Waals surface area contributed by atoms with Crippen LogP contribution in [-0.2, 0) is 0 Å². The SMILES string of the molecule is CCC(C)CC(=O)c1ccc(Oc2ccccc2)cc1O. The summed E-state index contributed by atoms with van der Waals surface area (Å²) in [6.45, 7) is 4.08. The lowest BCUT2D eigenvalue weighted by atomic mass is 9.97. The molecule has 2 aromatic rings. The summed E-state index contributed by atoms with van der Waals surface area (Å²) >= 11 is 0. The molecule has 1 atom stereocenters. The van der Waals surface area contributed by atoms with Crippen LogP contribution in [0.25, 0.3) is 0 Å². The van der Waals surface area contributed by atoms with Gasteiger partial charge in [-0.2, -0.15) is 0 Å². The number of phenolic OH excluding ortho intramolecular Hbond substituents is 1. The molecular weight excluding hydrogens is 264 g/mol. The Labute approximate surface area is 125 Å². The molecule has 2 rings (SSSR count). The second kappa shape index (κ2) is 6.93. The van der Waals surface area contributed by atoms with Crippen molar-refractivity contribution in [2.45, 2.75) is 26.7 Å². The second-order valence-electron chi connectivity index (χ2n) is 5.23. The predicted octanol–water partition coefficient (Wildman–Crippen LogP) is 4.80. The number of para-hydroxylation sites is 1. The maximum Gasteiger partial charge on any atom is 0.166 e. The Morgan fingerprint density at radius 2 is 1.86 bits per heavy atom. The molecule has 0 heterocycles. The fourth-order valence-corrected chi connectivity index (χ4v) is 2.01. The summed E-state index contributed by atoms with van der Waals surface area (Å²) in [7, 11) is 0. The third-order valence-corrected chi connectivity index (χ3v) is 3.48. The molecule has 1 N–H and O–H groups in total. The summed E-state index contributed by atoms with van der Waals surface area (Å²) in [5.74, 6) is 1.45. The van der Waals surface area contributed by atoms with Crippen molar-refractivity contribution in [2.24, 2.45) is 5.92 Å². The topological polar surface area (TPSA) is 46.5 Å². The number of carbonyl (C=O) groups excluding carboxylic acids is 1. The van der Waals surface area contributed by atoms with Crippen LogP contribution in [0.1, 0.15) is 37.0 Å². The number of Topliss-reactive ketones (excluding diaryl/α,β-unsaturated/α-hetero) is 1. The van der Waals surface area contributed by atoms with Gasteiger partial charge in [-0.25, -0.2) is 0 Å². The molecule has 110 valence electrons. The number of carbonyl (C=O) groups is 1. The van der Waals surface area contributed by atoms with Crippen molar-refractivity contribution in [3.8, 4) is 17.2 Å². The van der Waals surface area contributed by atoms with Gasteiger partial charge in [0.2, 0.25) is 0 Å². The summed E-state index contributed by atoms with van der Waals surface area (Å²) in [5.41, 5.74) is 0.357. The first-order valence-electron chi connectivity index (χ1n) is 7.19. The quantitative estimate of drug-likeness (QED) is 0.775. The van der Waals surface area contributed by atoms with Crippen LogP contribution in [0.4, 0.5) is 0 Å². The van der Waals surface area contributed by atoms with Gasteiger partial charge in [-0.3, -0.25) is 4.79 Å². The van der Waals surface area contributed by atoms with Gasteiger partial charge in [-0.1, -0.05) is 38.5 Å². The Morgan fingerprint density at radius 3 is 2.48 bits per heavy atom. The fraction of sp³-hybridized carbons (Fsp3) is 0.278. The minimum atomic E-state index is -0.0342. The minimum Gasteiger partial charge on any atom is -0.507 e. The van der Waals surface area contributed by atoms with E-state index in [1.807, 2.05) is 37.3 Å². The molecular formula is C18H20O3. The van der Waals surface area contributed by atoms with Gasteiger partial charge in [0, 0.05) is 12.5 Å². The molecule has 2 aromatic carbocycles. The van der Waals surface area contributed by atoms with E-state index >= 15 is 0 Å². The van der Waals surface area contributed by atoms with Crippen molar-refractivity contribution < 1.29 is 14.6 Å². The minimum absolute atomic E-state index is 0.0308. The van der Waals surface area contributed by atoms with Crippen LogP contribution in [-0.4, -0.2) is 10.9 Å². The molecule has 3 heteroatoms. The largest absolute Gasteiger partial charge is 0.507 e. The van der Waals surface area contributed by atoms with E-state index in [1.54, 1.807) is 12.1 Å². The van der Waals surface area contributed by atoms with E-state index in [2.05, 4.69) is 6.92 Å². The first-order valence-corrected chi connectivity index (χ1v) is 7.19. The molecule has 0 aliphatic rings. The maximum absolute atomic E-state index is 12.1. The Morgan fingerprint density at radius 1 is 1.14 bits per heavy atom. The number of hydrogen-bond acceptors (Lipinski definition) is 3. The molecule has 0 saturated heterocycles. The summed E-state index contributed by atoms with van der Waals surface area (Å²) in [5, 5.41) is 10.0. The van der Waals surface area contributed by atoms with Gasteiger partial charge in [0.05, 0.1) is 5.56 Å². The van der Waals surface area contributed by atoms with E-state index in [4.69, 9.17) is 4.74 Å². The zero-order chi connectivity index (χ0) is 15.2. The van der Waals surface area contributed by atoms with Gasteiger partial charge in [0.1, 0.15) is 17.2 Å². The molecule has 0 aliphatic carbocycles. The van der Waals surface area contributed by atoms with Crippen molar-refractivity contribution in [3.63, 3.8) is 0 Å². The monoisotopic (exact) mass is 284 g/mol. The molecule has 0 bridgehead atoms. The standard InChI is InChI=1S/C18H20O3/c1-3-13(2)11-17(19)16-10-9-15(12-18(16)20)21-14-7-5-4-6-8-14/h4-10,12-13,20H,3,11H2,1-2H3. The summed E-state index contributed by atoms with van der Waals surface area (Å²) < 4.78 is 5.62. The van der Waals surface area contributed by atoms with E-state index < -0.39 is 0 Å². The smallest absolute Gasteiger partial charge is 0.166 e. The number of ether oxygens (including phenoxy) is 1. The number of aromatic hydroxyl groups is 1. The van der Waals surface area contributed by atoms with Gasteiger partial charge in [0.25, 0.3) is 0 Å². The average Bonchev–Trinajstić information content (AvgIpc) is 2.48. The Balaban J connectivity index is 2.12. The molecule has 0 fully saturated rings. The highest BCUT2D eigenvalue weighted by molar-refractivity contribution is 5.98. The van der Waals surface area contributed by atoms with Crippen LogP contribution in [0.15, 0.2) is 48.5 Å². The van der Waals surface area contributed by atoms with E-state index in [-0.39, 0.29) is 11.5 Å². The molecule has 0 radical (unpaired) electrons. The van der Waals surface area contributed by atoms with Crippen LogP contribution in [0, 0.1) is 5.92 Å². The van der Waals surface area contributed by atoms with Crippen LogP contribution in [0.5, 0.6) is 17.2 Å². The highest BCUT2D eigenvalue weighted by Gasteiger charge is 2.14. The molecule has 0 aliphatic heterocycles. The molecule has 3 nitrogen and oxygen atoms in total. The number of ketones is 1. The molecule has 0 saturated carbocycles. The lowest BCUT2D eigenvalue weighted by Gasteiger charge is -2.10. The number of rotatable bonds is 6. The molecule has 21 heavy (non-hydrogen) atoms. The Hall–Kier alpha value is -2.29. The lowest BCUT2D eigenvalue weighted by Crippen LogP contribution is -2.05. The van der Waals surface area contributed by atoms with Crippen molar-refractivity contribution in [2.75, 3.05) is 0 Å². The molecule has 0 aromatic heterocycles. The Bertz CT molecular complexity index is 605. The molecule has 1 unspecified atom stereocenters. The van der Waals surface area contributed by atoms with E-state index in [0.29, 0.717) is 29.4 Å². The van der Waals surface area contributed by atoms with Gasteiger partial charge in [0.15, 0.2) is 5.78 Å². The number of benzene rings is 2. The third kappa shape index (κ3) is 4.09. The summed E-state index contributed by atoms with van der Waals surface area (Å²) in [4.78, 5) is 12.1. The van der Waals surface area contributed by atoms with E-state index in [0.717, 1.165) is 6.42 Å². The van der Waals surface area contributed by atoms with Crippen LogP contribution in [0.3, 0.4) is 0 Å².